The van der Waals surface area contributed by atoms with Gasteiger partial charge in [0.05, 0.1) is 31.0 Å². The number of methoxy groups -OCH3 is 2. The van der Waals surface area contributed by atoms with Crippen LogP contribution in [0, 0.1) is 5.82 Å². The second-order valence-corrected chi connectivity index (χ2v) is 12.5. The zero-order valence-corrected chi connectivity index (χ0v) is 26.3. The van der Waals surface area contributed by atoms with Crippen molar-refractivity contribution in [2.75, 3.05) is 18.5 Å². The van der Waals surface area contributed by atoms with Crippen LogP contribution in [0.2, 0.25) is 5.02 Å². The third-order valence-corrected chi connectivity index (χ3v) is 9.51. The van der Waals surface area contributed by atoms with Crippen molar-refractivity contribution >= 4 is 38.2 Å². The molecule has 6 rings (SSSR count). The third-order valence-electron chi connectivity index (χ3n) is 7.45. The minimum atomic E-state index is -4.26. The van der Waals surface area contributed by atoms with E-state index in [2.05, 4.69) is 10.3 Å². The number of halogens is 2. The van der Waals surface area contributed by atoms with Crippen LogP contribution in [0.4, 0.5) is 10.2 Å². The molecule has 0 radical (unpaired) electrons. The lowest BCUT2D eigenvalue weighted by atomic mass is 9.99. The highest BCUT2D eigenvalue weighted by molar-refractivity contribution is 7.92. The fraction of sp³-hybridized carbons (Fsp3) is 0.121. The number of ether oxygens (including phenoxy) is 2. The highest BCUT2D eigenvalue weighted by Gasteiger charge is 2.29. The first kappa shape index (κ1) is 30.8. The second kappa shape index (κ2) is 12.3. The summed E-state index contributed by atoms with van der Waals surface area (Å²) in [6, 6.07) is 21.9. The first-order valence-electron chi connectivity index (χ1n) is 13.8. The molecule has 6 aromatic rings. The molecule has 0 aliphatic rings. The van der Waals surface area contributed by atoms with Crippen molar-refractivity contribution in [2.45, 2.75) is 11.4 Å². The van der Waals surface area contributed by atoms with E-state index >= 15 is 0 Å². The van der Waals surface area contributed by atoms with Gasteiger partial charge < -0.3 is 14.0 Å². The summed E-state index contributed by atoms with van der Waals surface area (Å²) in [4.78, 5) is 13.3. The summed E-state index contributed by atoms with van der Waals surface area (Å²) in [6.07, 6.45) is 1.28. The number of aromatic nitrogens is 3. The largest absolute Gasteiger partial charge is 0.497 e. The molecule has 2 heterocycles. The number of sulfonamides is 1. The lowest BCUT2D eigenvalue weighted by Crippen LogP contribution is -2.31. The third kappa shape index (κ3) is 5.68. The topological polar surface area (TPSA) is 117 Å². The van der Waals surface area contributed by atoms with E-state index in [1.807, 2.05) is 0 Å². The van der Waals surface area contributed by atoms with Gasteiger partial charge in [0.25, 0.3) is 15.6 Å². The number of hydrogen-bond acceptors (Lipinski definition) is 8. The monoisotopic (exact) mass is 660 g/mol. The number of benzene rings is 4. The summed E-state index contributed by atoms with van der Waals surface area (Å²) in [5.41, 5.74) is 2.02. The number of anilines is 1. The minimum Gasteiger partial charge on any atom is -0.497 e. The van der Waals surface area contributed by atoms with Gasteiger partial charge in [-0.2, -0.15) is 5.10 Å². The summed E-state index contributed by atoms with van der Waals surface area (Å²) in [5.74, 6) is 0.636. The van der Waals surface area contributed by atoms with Crippen molar-refractivity contribution in [1.82, 2.24) is 14.9 Å². The van der Waals surface area contributed by atoms with Crippen LogP contribution in [0.3, 0.4) is 0 Å². The Morgan fingerprint density at radius 1 is 0.935 bits per heavy atom. The molecule has 0 unspecified atom stereocenters. The van der Waals surface area contributed by atoms with E-state index in [9.17, 15) is 17.6 Å². The zero-order valence-electron chi connectivity index (χ0n) is 24.8. The van der Waals surface area contributed by atoms with E-state index in [0.29, 0.717) is 49.9 Å². The first-order chi connectivity index (χ1) is 22.1. The van der Waals surface area contributed by atoms with E-state index in [4.69, 9.17) is 25.6 Å². The van der Waals surface area contributed by atoms with Crippen LogP contribution < -0.4 is 19.3 Å². The fourth-order valence-electron chi connectivity index (χ4n) is 5.12. The molecule has 0 aliphatic heterocycles. The van der Waals surface area contributed by atoms with E-state index in [1.54, 1.807) is 55.6 Å². The van der Waals surface area contributed by atoms with Gasteiger partial charge in [0.15, 0.2) is 5.82 Å². The van der Waals surface area contributed by atoms with E-state index in [1.165, 1.54) is 56.8 Å². The molecule has 10 nitrogen and oxygen atoms in total. The lowest BCUT2D eigenvalue weighted by Gasteiger charge is -2.22. The van der Waals surface area contributed by atoms with Crippen LogP contribution in [-0.2, 0) is 23.6 Å². The highest BCUT2D eigenvalue weighted by Crippen LogP contribution is 2.41. The van der Waals surface area contributed by atoms with E-state index in [0.717, 1.165) is 8.99 Å². The van der Waals surface area contributed by atoms with Crippen molar-refractivity contribution in [3.8, 4) is 33.9 Å². The number of aryl methyl sites for hydroxylation is 1. The van der Waals surface area contributed by atoms with Crippen LogP contribution in [0.15, 0.2) is 105 Å². The number of hydrogen-bond donors (Lipinski definition) is 0. The normalized spacial score (nSPS) is 11.5. The van der Waals surface area contributed by atoms with Gasteiger partial charge >= 0.3 is 0 Å². The average Bonchev–Trinajstić information content (AvgIpc) is 3.60. The van der Waals surface area contributed by atoms with Crippen molar-refractivity contribution in [3.63, 3.8) is 0 Å². The Morgan fingerprint density at radius 3 is 2.39 bits per heavy atom. The van der Waals surface area contributed by atoms with Gasteiger partial charge in [-0.1, -0.05) is 47.1 Å². The Hall–Kier alpha value is -5.20. The Labute approximate surface area is 268 Å². The maximum atomic E-state index is 14.1. The minimum absolute atomic E-state index is 0.0656. The first-order valence-corrected chi connectivity index (χ1v) is 15.6. The van der Waals surface area contributed by atoms with Crippen LogP contribution in [-0.4, -0.2) is 37.6 Å². The molecule has 0 saturated carbocycles. The molecular formula is C33H26ClFN4O6S. The maximum Gasteiger partial charge on any atom is 0.274 e. The lowest BCUT2D eigenvalue weighted by molar-refractivity contribution is 0.414. The zero-order chi connectivity index (χ0) is 32.6. The molecule has 46 heavy (non-hydrogen) atoms. The molecule has 0 spiro atoms. The molecule has 0 aliphatic carbocycles. The summed E-state index contributed by atoms with van der Waals surface area (Å²) < 4.78 is 60.3. The molecule has 0 fully saturated rings. The van der Waals surface area contributed by atoms with Crippen LogP contribution in [0.1, 0.15) is 5.56 Å². The predicted molar refractivity (Wildman–Crippen MR) is 172 cm³/mol. The summed E-state index contributed by atoms with van der Waals surface area (Å²) >= 11 is 6.69. The van der Waals surface area contributed by atoms with Gasteiger partial charge in [-0.05, 0) is 59.7 Å². The van der Waals surface area contributed by atoms with Gasteiger partial charge in [-0.25, -0.2) is 21.8 Å². The Bertz CT molecular complexity index is 2240. The van der Waals surface area contributed by atoms with Crippen molar-refractivity contribution < 1.29 is 26.8 Å². The Balaban J connectivity index is 1.47. The van der Waals surface area contributed by atoms with Crippen LogP contribution >= 0.6 is 11.6 Å². The van der Waals surface area contributed by atoms with Crippen LogP contribution in [0.5, 0.6) is 11.5 Å². The second-order valence-electron chi connectivity index (χ2n) is 10.2. The number of rotatable bonds is 9. The van der Waals surface area contributed by atoms with Crippen molar-refractivity contribution in [3.05, 3.63) is 118 Å². The van der Waals surface area contributed by atoms with Gasteiger partial charge in [0.1, 0.15) is 29.3 Å². The van der Waals surface area contributed by atoms with Crippen LogP contribution in [0.25, 0.3) is 33.2 Å². The fourth-order valence-corrected chi connectivity index (χ4v) is 6.82. The van der Waals surface area contributed by atoms with Crippen molar-refractivity contribution in [2.24, 2.45) is 7.05 Å². The molecule has 0 saturated heterocycles. The standard InChI is InChI=1S/C33H26ClFN4O6S/c1-38-33(40)27-16-24(46(41,42)39(31-13-14-45-37-31)19-20-7-9-23(43-2)10-8-20)11-12-25(27)32(36-38)28-17-29(34)26(18-30(28)44-3)21-5-4-6-22(35)15-21/h4-18H,19H2,1-3H3. The highest BCUT2D eigenvalue weighted by atomic mass is 35.5. The Kier molecular flexibility index (Phi) is 8.24. The molecule has 0 N–H and O–H groups in total. The molecule has 0 bridgehead atoms. The molecule has 0 atom stereocenters. The van der Waals surface area contributed by atoms with E-state index in [-0.39, 0.29) is 22.6 Å². The molecule has 0 amide bonds. The molecule has 4 aromatic carbocycles. The van der Waals surface area contributed by atoms with Gasteiger partial charge in [0.2, 0.25) is 0 Å². The van der Waals surface area contributed by atoms with Gasteiger partial charge in [-0.15, -0.1) is 0 Å². The maximum absolute atomic E-state index is 14.1. The quantitative estimate of drug-likeness (QED) is 0.173. The summed E-state index contributed by atoms with van der Waals surface area (Å²) in [7, 11) is 0.215. The smallest absolute Gasteiger partial charge is 0.274 e. The summed E-state index contributed by atoms with van der Waals surface area (Å²) in [5, 5.41) is 9.13. The molecule has 2 aromatic heterocycles. The average molecular weight is 661 g/mol. The predicted octanol–water partition coefficient (Wildman–Crippen LogP) is 6.46. The number of fused-ring (bicyclic) bond motifs is 1. The van der Waals surface area contributed by atoms with Gasteiger partial charge in [0, 0.05) is 34.6 Å². The Morgan fingerprint density at radius 2 is 1.72 bits per heavy atom. The SMILES string of the molecule is COc1ccc(CN(c2ccon2)S(=O)(=O)c2ccc3c(-c4cc(Cl)c(-c5cccc(F)c5)cc4OC)nn(C)c(=O)c3c2)cc1. The van der Waals surface area contributed by atoms with E-state index < -0.39 is 21.4 Å². The van der Waals surface area contributed by atoms with Gasteiger partial charge in [-0.3, -0.25) is 4.79 Å². The molecule has 13 heteroatoms. The van der Waals surface area contributed by atoms with Crippen molar-refractivity contribution in [1.29, 1.82) is 0 Å². The molecular weight excluding hydrogens is 635 g/mol. The summed E-state index contributed by atoms with van der Waals surface area (Å²) in [6.45, 7) is -0.0656. The molecule has 234 valence electrons. The number of nitrogens with zero attached hydrogens (tertiary/aromatic N) is 4.